The van der Waals surface area contributed by atoms with Crippen LogP contribution >= 0.6 is 0 Å². The highest BCUT2D eigenvalue weighted by Crippen LogP contribution is 2.33. The number of nitrogens with one attached hydrogen (secondary N) is 1. The molecular formula is C15H13F2NO. The van der Waals surface area contributed by atoms with Crippen LogP contribution in [-0.4, -0.2) is 13.2 Å². The Bertz CT molecular complexity index is 600. The maximum atomic E-state index is 13.5. The molecule has 0 amide bonds. The number of halogens is 2. The van der Waals surface area contributed by atoms with Crippen molar-refractivity contribution in [3.05, 3.63) is 59.7 Å². The van der Waals surface area contributed by atoms with Crippen LogP contribution in [0.5, 0.6) is 5.75 Å². The molecule has 0 saturated heterocycles. The average molecular weight is 261 g/mol. The average Bonchev–Trinajstić information content (AvgIpc) is 2.81. The summed E-state index contributed by atoms with van der Waals surface area (Å²) >= 11 is 0. The molecule has 1 atom stereocenters. The minimum atomic E-state index is -0.577. The molecule has 98 valence electrons. The minimum absolute atomic E-state index is 0.181. The molecule has 1 heterocycles. The molecule has 1 aliphatic rings. The molecule has 3 rings (SSSR count). The van der Waals surface area contributed by atoms with E-state index >= 15 is 0 Å². The third-order valence-corrected chi connectivity index (χ3v) is 3.27. The van der Waals surface area contributed by atoms with Crippen LogP contribution in [0.3, 0.4) is 0 Å². The molecule has 19 heavy (non-hydrogen) atoms. The highest BCUT2D eigenvalue weighted by Gasteiger charge is 2.23. The minimum Gasteiger partial charge on any atom is -0.493 e. The molecule has 4 heteroatoms. The quantitative estimate of drug-likeness (QED) is 0.912. The molecule has 1 aliphatic heterocycles. The van der Waals surface area contributed by atoms with Crippen molar-refractivity contribution in [3.8, 4) is 5.75 Å². The third-order valence-electron chi connectivity index (χ3n) is 3.27. The SMILES string of the molecule is Fc1ccc(NCC2COc3ccccc32)c(F)c1. The van der Waals surface area contributed by atoms with E-state index in [0.717, 1.165) is 17.4 Å². The van der Waals surface area contributed by atoms with Crippen LogP contribution in [0.4, 0.5) is 14.5 Å². The van der Waals surface area contributed by atoms with Gasteiger partial charge in [0.15, 0.2) is 0 Å². The van der Waals surface area contributed by atoms with Gasteiger partial charge in [0.25, 0.3) is 0 Å². The zero-order chi connectivity index (χ0) is 13.2. The number of ether oxygens (including phenoxy) is 1. The van der Waals surface area contributed by atoms with Crippen molar-refractivity contribution in [1.82, 2.24) is 0 Å². The van der Waals surface area contributed by atoms with Crippen molar-refractivity contribution in [1.29, 1.82) is 0 Å². The predicted molar refractivity (Wildman–Crippen MR) is 69.5 cm³/mol. The Hall–Kier alpha value is -2.10. The number of benzene rings is 2. The van der Waals surface area contributed by atoms with Gasteiger partial charge in [0, 0.05) is 24.1 Å². The summed E-state index contributed by atoms with van der Waals surface area (Å²) < 4.78 is 31.8. The predicted octanol–water partition coefficient (Wildman–Crippen LogP) is 3.55. The Kier molecular flexibility index (Phi) is 3.07. The zero-order valence-electron chi connectivity index (χ0n) is 10.2. The summed E-state index contributed by atoms with van der Waals surface area (Å²) in [5.74, 6) is -0.0840. The Morgan fingerprint density at radius 2 is 2.00 bits per heavy atom. The number of anilines is 1. The lowest BCUT2D eigenvalue weighted by Gasteiger charge is -2.12. The van der Waals surface area contributed by atoms with Crippen LogP contribution in [0.15, 0.2) is 42.5 Å². The van der Waals surface area contributed by atoms with Gasteiger partial charge in [-0.2, -0.15) is 0 Å². The monoisotopic (exact) mass is 261 g/mol. The molecule has 1 N–H and O–H groups in total. The fourth-order valence-corrected chi connectivity index (χ4v) is 2.26. The largest absolute Gasteiger partial charge is 0.493 e. The van der Waals surface area contributed by atoms with Crippen molar-refractivity contribution in [2.45, 2.75) is 5.92 Å². The van der Waals surface area contributed by atoms with Crippen molar-refractivity contribution < 1.29 is 13.5 Å². The normalized spacial score (nSPS) is 16.8. The van der Waals surface area contributed by atoms with Crippen LogP contribution in [0.1, 0.15) is 11.5 Å². The van der Waals surface area contributed by atoms with E-state index in [2.05, 4.69) is 5.32 Å². The van der Waals surface area contributed by atoms with E-state index in [1.165, 1.54) is 12.1 Å². The molecule has 0 fully saturated rings. The molecular weight excluding hydrogens is 248 g/mol. The van der Waals surface area contributed by atoms with Crippen LogP contribution in [0, 0.1) is 11.6 Å². The van der Waals surface area contributed by atoms with Crippen molar-refractivity contribution in [3.63, 3.8) is 0 Å². The number of hydrogen-bond acceptors (Lipinski definition) is 2. The van der Waals surface area contributed by atoms with Gasteiger partial charge in [0.1, 0.15) is 17.4 Å². The summed E-state index contributed by atoms with van der Waals surface area (Å²) in [5.41, 5.74) is 1.43. The van der Waals surface area contributed by atoms with E-state index in [9.17, 15) is 8.78 Å². The van der Waals surface area contributed by atoms with Gasteiger partial charge in [-0.25, -0.2) is 8.78 Å². The molecule has 2 aromatic carbocycles. The van der Waals surface area contributed by atoms with Gasteiger partial charge in [0.2, 0.25) is 0 Å². The summed E-state index contributed by atoms with van der Waals surface area (Å²) in [4.78, 5) is 0. The fraction of sp³-hybridized carbons (Fsp3) is 0.200. The lowest BCUT2D eigenvalue weighted by molar-refractivity contribution is 0.334. The second-order valence-electron chi connectivity index (χ2n) is 4.55. The second kappa shape index (κ2) is 4.88. The summed E-state index contributed by atoms with van der Waals surface area (Å²) in [6.45, 7) is 1.13. The van der Waals surface area contributed by atoms with Gasteiger partial charge in [-0.05, 0) is 18.2 Å². The molecule has 0 radical (unpaired) electrons. The summed E-state index contributed by atoms with van der Waals surface area (Å²) in [6.07, 6.45) is 0. The summed E-state index contributed by atoms with van der Waals surface area (Å²) in [5, 5.41) is 3.00. The number of fused-ring (bicyclic) bond motifs is 1. The first-order valence-corrected chi connectivity index (χ1v) is 6.14. The van der Waals surface area contributed by atoms with E-state index in [0.29, 0.717) is 18.8 Å². The number of hydrogen-bond donors (Lipinski definition) is 1. The van der Waals surface area contributed by atoms with Gasteiger partial charge in [0.05, 0.1) is 12.3 Å². The second-order valence-corrected chi connectivity index (χ2v) is 4.55. The molecule has 1 unspecified atom stereocenters. The van der Waals surface area contributed by atoms with E-state index in [-0.39, 0.29) is 5.92 Å². The molecule has 0 saturated carbocycles. The molecule has 0 spiro atoms. The van der Waals surface area contributed by atoms with Crippen LogP contribution in [-0.2, 0) is 0 Å². The Morgan fingerprint density at radius 1 is 1.16 bits per heavy atom. The number of rotatable bonds is 3. The van der Waals surface area contributed by atoms with Crippen molar-refractivity contribution in [2.24, 2.45) is 0 Å². The Morgan fingerprint density at radius 3 is 2.84 bits per heavy atom. The van der Waals surface area contributed by atoms with Gasteiger partial charge in [-0.1, -0.05) is 18.2 Å². The van der Waals surface area contributed by atoms with Gasteiger partial charge < -0.3 is 10.1 Å². The van der Waals surface area contributed by atoms with E-state index < -0.39 is 11.6 Å². The first-order chi connectivity index (χ1) is 9.24. The van der Waals surface area contributed by atoms with Crippen molar-refractivity contribution >= 4 is 5.69 Å². The van der Waals surface area contributed by atoms with Crippen LogP contribution in [0.25, 0.3) is 0 Å². The van der Waals surface area contributed by atoms with E-state index in [1.54, 1.807) is 0 Å². The first kappa shape index (κ1) is 12.0. The van der Waals surface area contributed by atoms with Crippen LogP contribution < -0.4 is 10.1 Å². The highest BCUT2D eigenvalue weighted by atomic mass is 19.1. The number of para-hydroxylation sites is 1. The zero-order valence-corrected chi connectivity index (χ0v) is 10.2. The van der Waals surface area contributed by atoms with Crippen molar-refractivity contribution in [2.75, 3.05) is 18.5 Å². The van der Waals surface area contributed by atoms with Gasteiger partial charge >= 0.3 is 0 Å². The maximum Gasteiger partial charge on any atom is 0.149 e. The molecule has 2 aromatic rings. The lowest BCUT2D eigenvalue weighted by atomic mass is 10.0. The smallest absolute Gasteiger partial charge is 0.149 e. The van der Waals surface area contributed by atoms with E-state index in [1.807, 2.05) is 24.3 Å². The molecule has 0 aliphatic carbocycles. The maximum absolute atomic E-state index is 13.5. The van der Waals surface area contributed by atoms with Crippen LogP contribution in [0.2, 0.25) is 0 Å². The van der Waals surface area contributed by atoms with Gasteiger partial charge in [-0.3, -0.25) is 0 Å². The fourth-order valence-electron chi connectivity index (χ4n) is 2.26. The summed E-state index contributed by atoms with van der Waals surface area (Å²) in [7, 11) is 0. The highest BCUT2D eigenvalue weighted by molar-refractivity contribution is 5.46. The molecule has 2 nitrogen and oxygen atoms in total. The third kappa shape index (κ3) is 2.38. The summed E-state index contributed by atoms with van der Waals surface area (Å²) in [6, 6.07) is 11.3. The standard InChI is InChI=1S/C15H13F2NO/c16-11-5-6-14(13(17)7-11)18-8-10-9-19-15-4-2-1-3-12(10)15/h1-7,10,18H,8-9H2. The van der Waals surface area contributed by atoms with Gasteiger partial charge in [-0.15, -0.1) is 0 Å². The molecule has 0 bridgehead atoms. The molecule has 0 aromatic heterocycles. The van der Waals surface area contributed by atoms with E-state index in [4.69, 9.17) is 4.74 Å². The Labute approximate surface area is 110 Å². The topological polar surface area (TPSA) is 21.3 Å². The lowest BCUT2D eigenvalue weighted by Crippen LogP contribution is -2.14. The first-order valence-electron chi connectivity index (χ1n) is 6.14. The Balaban J connectivity index is 1.71.